The predicted octanol–water partition coefficient (Wildman–Crippen LogP) is 1.31. The van der Waals surface area contributed by atoms with E-state index in [0.29, 0.717) is 13.0 Å². The lowest BCUT2D eigenvalue weighted by atomic mass is 9.96. The molecule has 3 rings (SSSR count). The summed E-state index contributed by atoms with van der Waals surface area (Å²) >= 11 is 0. The lowest BCUT2D eigenvalue weighted by Gasteiger charge is -2.24. The fourth-order valence-electron chi connectivity index (χ4n) is 3.47. The van der Waals surface area contributed by atoms with E-state index in [-0.39, 0.29) is 24.3 Å². The Morgan fingerprint density at radius 2 is 2.15 bits per heavy atom. The molecule has 0 radical (unpaired) electrons. The van der Waals surface area contributed by atoms with E-state index >= 15 is 0 Å². The van der Waals surface area contributed by atoms with Gasteiger partial charge in [-0.25, -0.2) is 0 Å². The number of ether oxygens (including phenoxy) is 1. The Morgan fingerprint density at radius 3 is 2.85 bits per heavy atom. The number of hydrogen-bond donors (Lipinski definition) is 1. The highest BCUT2D eigenvalue weighted by Gasteiger charge is 2.43. The smallest absolute Gasteiger partial charge is 0.226 e. The Hall–Kier alpha value is -2.83. The molecule has 7 heteroatoms. The van der Waals surface area contributed by atoms with E-state index < -0.39 is 5.92 Å². The third kappa shape index (κ3) is 3.56. The first-order valence-electron chi connectivity index (χ1n) is 8.65. The normalized spacial score (nSPS) is 19.7. The van der Waals surface area contributed by atoms with Crippen LogP contribution in [0.15, 0.2) is 36.5 Å². The molecule has 1 aliphatic rings. The van der Waals surface area contributed by atoms with Crippen LogP contribution in [0, 0.1) is 5.92 Å². The van der Waals surface area contributed by atoms with Crippen molar-refractivity contribution in [2.75, 3.05) is 20.7 Å². The maximum atomic E-state index is 12.7. The molecule has 2 heterocycles. The van der Waals surface area contributed by atoms with Gasteiger partial charge in [0.1, 0.15) is 5.75 Å². The topological polar surface area (TPSA) is 76.5 Å². The molecule has 2 atom stereocenters. The molecule has 7 nitrogen and oxygen atoms in total. The molecule has 2 unspecified atom stereocenters. The van der Waals surface area contributed by atoms with Crippen LogP contribution in [0.3, 0.4) is 0 Å². The summed E-state index contributed by atoms with van der Waals surface area (Å²) in [6.07, 6.45) is 2.61. The van der Waals surface area contributed by atoms with Crippen molar-refractivity contribution in [2.45, 2.75) is 18.9 Å². The Labute approximate surface area is 152 Å². The highest BCUT2D eigenvalue weighted by Crippen LogP contribution is 2.36. The Kier molecular flexibility index (Phi) is 5.25. The van der Waals surface area contributed by atoms with Gasteiger partial charge in [0.2, 0.25) is 11.8 Å². The van der Waals surface area contributed by atoms with Gasteiger partial charge in [-0.1, -0.05) is 12.1 Å². The number of methoxy groups -OCH3 is 1. The second-order valence-corrected chi connectivity index (χ2v) is 6.53. The van der Waals surface area contributed by atoms with E-state index in [1.807, 2.05) is 37.4 Å². The van der Waals surface area contributed by atoms with Gasteiger partial charge in [0, 0.05) is 33.3 Å². The highest BCUT2D eigenvalue weighted by molar-refractivity contribution is 5.90. The summed E-state index contributed by atoms with van der Waals surface area (Å²) in [7, 11) is 5.19. The first kappa shape index (κ1) is 18.0. The molecule has 2 aromatic rings. The molecule has 1 saturated heterocycles. The third-order valence-corrected chi connectivity index (χ3v) is 4.93. The molecule has 26 heavy (non-hydrogen) atoms. The number of nitrogens with zero attached hydrogens (tertiary/aromatic N) is 3. The summed E-state index contributed by atoms with van der Waals surface area (Å²) in [5.41, 5.74) is 1.96. The van der Waals surface area contributed by atoms with Crippen LogP contribution in [0.25, 0.3) is 0 Å². The van der Waals surface area contributed by atoms with Crippen molar-refractivity contribution in [2.24, 2.45) is 13.0 Å². The van der Waals surface area contributed by atoms with Crippen molar-refractivity contribution in [3.05, 3.63) is 47.8 Å². The molecule has 0 saturated carbocycles. The third-order valence-electron chi connectivity index (χ3n) is 4.93. The van der Waals surface area contributed by atoms with Crippen LogP contribution in [0.2, 0.25) is 0 Å². The van der Waals surface area contributed by atoms with E-state index in [2.05, 4.69) is 10.4 Å². The molecule has 1 aromatic heterocycles. The quantitative estimate of drug-likeness (QED) is 0.847. The largest absolute Gasteiger partial charge is 0.497 e. The van der Waals surface area contributed by atoms with E-state index in [0.717, 1.165) is 17.0 Å². The molecule has 2 amide bonds. The number of rotatable bonds is 6. The number of likely N-dealkylation sites (tertiary alicyclic amines) is 1. The molecule has 1 N–H and O–H groups in total. The van der Waals surface area contributed by atoms with Crippen molar-refractivity contribution in [3.63, 3.8) is 0 Å². The van der Waals surface area contributed by atoms with Crippen LogP contribution >= 0.6 is 0 Å². The first-order chi connectivity index (χ1) is 12.5. The minimum Gasteiger partial charge on any atom is -0.497 e. The van der Waals surface area contributed by atoms with Gasteiger partial charge in [-0.15, -0.1) is 0 Å². The second-order valence-electron chi connectivity index (χ2n) is 6.53. The van der Waals surface area contributed by atoms with Crippen molar-refractivity contribution in [1.82, 2.24) is 20.0 Å². The molecular formula is C19H24N4O3. The van der Waals surface area contributed by atoms with E-state index in [9.17, 15) is 9.59 Å². The monoisotopic (exact) mass is 356 g/mol. The van der Waals surface area contributed by atoms with Crippen LogP contribution in [0.4, 0.5) is 0 Å². The number of carbonyl (C=O) groups is 2. The number of aromatic nitrogens is 2. The van der Waals surface area contributed by atoms with Gasteiger partial charge in [-0.05, 0) is 30.2 Å². The SMILES string of the molecule is COc1cccc(CCNC(=O)C2CC(=O)N(C)C2c2ccnn2C)c1. The Bertz CT molecular complexity index is 802. The molecule has 0 bridgehead atoms. The van der Waals surface area contributed by atoms with Crippen LogP contribution in [0.1, 0.15) is 23.7 Å². The standard InChI is InChI=1S/C19H24N4O3/c1-22-17(24)12-15(18(22)16-8-10-21-23(16)2)19(25)20-9-7-13-5-4-6-14(11-13)26-3/h4-6,8,10-11,15,18H,7,9,12H2,1-3H3,(H,20,25). The first-order valence-corrected chi connectivity index (χ1v) is 8.65. The van der Waals surface area contributed by atoms with Gasteiger partial charge in [0.15, 0.2) is 0 Å². The van der Waals surface area contributed by atoms with E-state index in [1.54, 1.807) is 29.9 Å². The molecule has 1 aromatic carbocycles. The average Bonchev–Trinajstić information content (AvgIpc) is 3.18. The molecule has 1 aliphatic heterocycles. The van der Waals surface area contributed by atoms with Gasteiger partial charge in [0.05, 0.1) is 24.8 Å². The maximum absolute atomic E-state index is 12.7. The molecule has 0 aliphatic carbocycles. The molecule has 1 fully saturated rings. The Morgan fingerprint density at radius 1 is 1.35 bits per heavy atom. The number of aryl methyl sites for hydroxylation is 1. The van der Waals surface area contributed by atoms with Crippen LogP contribution in [-0.4, -0.2) is 47.2 Å². The van der Waals surface area contributed by atoms with Crippen molar-refractivity contribution in [1.29, 1.82) is 0 Å². The summed E-state index contributed by atoms with van der Waals surface area (Å²) in [5.74, 6) is 0.266. The summed E-state index contributed by atoms with van der Waals surface area (Å²) in [5, 5.41) is 7.14. The van der Waals surface area contributed by atoms with Crippen molar-refractivity contribution in [3.8, 4) is 5.75 Å². The number of amides is 2. The maximum Gasteiger partial charge on any atom is 0.226 e. The van der Waals surface area contributed by atoms with Crippen molar-refractivity contribution < 1.29 is 14.3 Å². The van der Waals surface area contributed by atoms with Gasteiger partial charge in [-0.2, -0.15) is 5.10 Å². The van der Waals surface area contributed by atoms with Crippen LogP contribution in [-0.2, 0) is 23.1 Å². The van der Waals surface area contributed by atoms with Gasteiger partial charge >= 0.3 is 0 Å². The molecule has 138 valence electrons. The highest BCUT2D eigenvalue weighted by atomic mass is 16.5. The van der Waals surface area contributed by atoms with E-state index in [1.165, 1.54) is 0 Å². The minimum absolute atomic E-state index is 0.0239. The zero-order valence-corrected chi connectivity index (χ0v) is 15.3. The van der Waals surface area contributed by atoms with Gasteiger partial charge in [-0.3, -0.25) is 14.3 Å². The number of carbonyl (C=O) groups excluding carboxylic acids is 2. The fraction of sp³-hybridized carbons (Fsp3) is 0.421. The molecule has 0 spiro atoms. The lowest BCUT2D eigenvalue weighted by Crippen LogP contribution is -2.36. The summed E-state index contributed by atoms with van der Waals surface area (Å²) in [6, 6.07) is 9.35. The zero-order chi connectivity index (χ0) is 18.7. The second kappa shape index (κ2) is 7.59. The molecular weight excluding hydrogens is 332 g/mol. The summed E-state index contributed by atoms with van der Waals surface area (Å²) in [4.78, 5) is 26.5. The van der Waals surface area contributed by atoms with Gasteiger partial charge in [0.25, 0.3) is 0 Å². The fourth-order valence-corrected chi connectivity index (χ4v) is 3.47. The number of nitrogens with one attached hydrogen (secondary N) is 1. The lowest BCUT2D eigenvalue weighted by molar-refractivity contribution is -0.128. The van der Waals surface area contributed by atoms with E-state index in [4.69, 9.17) is 4.74 Å². The summed E-state index contributed by atoms with van der Waals surface area (Å²) in [6.45, 7) is 0.512. The minimum atomic E-state index is -0.409. The predicted molar refractivity (Wildman–Crippen MR) is 96.5 cm³/mol. The number of benzene rings is 1. The van der Waals surface area contributed by atoms with Crippen LogP contribution in [0.5, 0.6) is 5.75 Å². The Balaban J connectivity index is 1.64. The van der Waals surface area contributed by atoms with Crippen molar-refractivity contribution >= 4 is 11.8 Å². The van der Waals surface area contributed by atoms with Crippen LogP contribution < -0.4 is 10.1 Å². The van der Waals surface area contributed by atoms with Gasteiger partial charge < -0.3 is 15.0 Å². The average molecular weight is 356 g/mol. The summed E-state index contributed by atoms with van der Waals surface area (Å²) < 4.78 is 6.93. The number of hydrogen-bond acceptors (Lipinski definition) is 4. The zero-order valence-electron chi connectivity index (χ0n) is 15.3.